The van der Waals surface area contributed by atoms with E-state index in [0.717, 1.165) is 21.0 Å². The monoisotopic (exact) mass is 295 g/mol. The number of carbonyl (C=O) groups excluding carboxylic acids is 1. The van der Waals surface area contributed by atoms with Crippen molar-refractivity contribution in [2.24, 2.45) is 0 Å². The topological polar surface area (TPSA) is 39.2 Å². The molecule has 0 saturated heterocycles. The predicted molar refractivity (Wildman–Crippen MR) is 78.0 cm³/mol. The fourth-order valence-corrected chi connectivity index (χ4v) is 2.99. The summed E-state index contributed by atoms with van der Waals surface area (Å²) in [6, 6.07) is 5.63. The third kappa shape index (κ3) is 2.96. The van der Waals surface area contributed by atoms with E-state index >= 15 is 0 Å². The first-order valence-electron chi connectivity index (χ1n) is 5.94. The van der Waals surface area contributed by atoms with Crippen LogP contribution in [0.3, 0.4) is 0 Å². The molecular weight excluding hydrogens is 282 g/mol. The predicted octanol–water partition coefficient (Wildman–Crippen LogP) is 4.26. The van der Waals surface area contributed by atoms with Gasteiger partial charge in [-0.3, -0.25) is 0 Å². The van der Waals surface area contributed by atoms with Crippen LogP contribution in [-0.2, 0) is 4.74 Å². The number of aryl methyl sites for hydroxylation is 2. The highest BCUT2D eigenvalue weighted by molar-refractivity contribution is 7.15. The van der Waals surface area contributed by atoms with Gasteiger partial charge in [0.15, 0.2) is 5.69 Å². The first-order valence-corrected chi connectivity index (χ1v) is 7.13. The number of ether oxygens (including phenoxy) is 1. The summed E-state index contributed by atoms with van der Waals surface area (Å²) in [5, 5.41) is 1.51. The van der Waals surface area contributed by atoms with Crippen LogP contribution >= 0.6 is 22.9 Å². The van der Waals surface area contributed by atoms with Gasteiger partial charge in [-0.05, 0) is 38.5 Å². The molecule has 0 amide bonds. The molecule has 1 aromatic carbocycles. The molecular formula is C14H14ClNO2S. The Balaban J connectivity index is 2.42. The zero-order valence-corrected chi connectivity index (χ0v) is 12.6. The lowest BCUT2D eigenvalue weighted by Crippen LogP contribution is -2.06. The van der Waals surface area contributed by atoms with Crippen molar-refractivity contribution in [2.45, 2.75) is 20.8 Å². The number of hydrogen-bond donors (Lipinski definition) is 0. The van der Waals surface area contributed by atoms with Crippen molar-refractivity contribution >= 4 is 28.9 Å². The third-order valence-electron chi connectivity index (χ3n) is 2.68. The molecule has 3 nitrogen and oxygen atoms in total. The summed E-state index contributed by atoms with van der Waals surface area (Å²) in [7, 11) is 0. The SMILES string of the molecule is CCOC(=O)c1nc(-c2ccc(Cl)cc2C)sc1C. The van der Waals surface area contributed by atoms with Crippen molar-refractivity contribution in [2.75, 3.05) is 6.61 Å². The van der Waals surface area contributed by atoms with Crippen molar-refractivity contribution in [3.63, 3.8) is 0 Å². The van der Waals surface area contributed by atoms with Gasteiger partial charge < -0.3 is 4.74 Å². The molecule has 0 bridgehead atoms. The third-order valence-corrected chi connectivity index (χ3v) is 3.92. The maximum atomic E-state index is 11.8. The van der Waals surface area contributed by atoms with Gasteiger partial charge in [0.25, 0.3) is 0 Å². The van der Waals surface area contributed by atoms with Crippen molar-refractivity contribution in [3.8, 4) is 10.6 Å². The number of thiazole rings is 1. The lowest BCUT2D eigenvalue weighted by Gasteiger charge is -2.02. The van der Waals surface area contributed by atoms with E-state index < -0.39 is 0 Å². The zero-order valence-electron chi connectivity index (χ0n) is 11.0. The smallest absolute Gasteiger partial charge is 0.358 e. The summed E-state index contributed by atoms with van der Waals surface area (Å²) in [6.45, 7) is 5.98. The molecule has 0 N–H and O–H groups in total. The van der Waals surface area contributed by atoms with Crippen molar-refractivity contribution in [1.29, 1.82) is 0 Å². The van der Waals surface area contributed by atoms with Gasteiger partial charge in [-0.1, -0.05) is 17.7 Å². The van der Waals surface area contributed by atoms with Crippen LogP contribution < -0.4 is 0 Å². The maximum absolute atomic E-state index is 11.8. The van der Waals surface area contributed by atoms with Crippen LogP contribution in [0.25, 0.3) is 10.6 Å². The second-order valence-corrected chi connectivity index (χ2v) is 5.74. The molecule has 0 aliphatic rings. The largest absolute Gasteiger partial charge is 0.461 e. The Morgan fingerprint density at radius 2 is 2.16 bits per heavy atom. The van der Waals surface area contributed by atoms with Gasteiger partial charge in [-0.15, -0.1) is 11.3 Å². The molecule has 0 aliphatic carbocycles. The fraction of sp³-hybridized carbons (Fsp3) is 0.286. The Morgan fingerprint density at radius 1 is 1.42 bits per heavy atom. The molecule has 2 rings (SSSR count). The lowest BCUT2D eigenvalue weighted by molar-refractivity contribution is 0.0519. The quantitative estimate of drug-likeness (QED) is 0.794. The molecule has 0 fully saturated rings. The summed E-state index contributed by atoms with van der Waals surface area (Å²) in [5.74, 6) is -0.367. The zero-order chi connectivity index (χ0) is 14.0. The Hall–Kier alpha value is -1.39. The number of nitrogens with zero attached hydrogens (tertiary/aromatic N) is 1. The van der Waals surface area contributed by atoms with Gasteiger partial charge in [0.2, 0.25) is 0 Å². The molecule has 0 unspecified atom stereocenters. The van der Waals surface area contributed by atoms with Crippen LogP contribution in [0.2, 0.25) is 5.02 Å². The number of carbonyl (C=O) groups is 1. The van der Waals surface area contributed by atoms with Crippen LogP contribution in [-0.4, -0.2) is 17.6 Å². The van der Waals surface area contributed by atoms with E-state index in [1.165, 1.54) is 11.3 Å². The standard InChI is InChI=1S/C14H14ClNO2S/c1-4-18-14(17)12-9(3)19-13(16-12)11-6-5-10(15)7-8(11)2/h5-7H,4H2,1-3H3. The second-order valence-electron chi connectivity index (χ2n) is 4.10. The summed E-state index contributed by atoms with van der Waals surface area (Å²) in [4.78, 5) is 17.0. The minimum atomic E-state index is -0.367. The van der Waals surface area contributed by atoms with E-state index in [1.54, 1.807) is 6.92 Å². The molecule has 0 aliphatic heterocycles. The Morgan fingerprint density at radius 3 is 2.79 bits per heavy atom. The lowest BCUT2D eigenvalue weighted by atomic mass is 10.1. The molecule has 2 aromatic rings. The Bertz CT molecular complexity index is 622. The van der Waals surface area contributed by atoms with Crippen LogP contribution in [0.5, 0.6) is 0 Å². The highest BCUT2D eigenvalue weighted by Gasteiger charge is 2.18. The summed E-state index contributed by atoms with van der Waals surface area (Å²) in [5.41, 5.74) is 2.43. The van der Waals surface area contributed by atoms with Crippen LogP contribution in [0.4, 0.5) is 0 Å². The number of hydrogen-bond acceptors (Lipinski definition) is 4. The molecule has 0 atom stereocenters. The van der Waals surface area contributed by atoms with E-state index in [0.29, 0.717) is 17.3 Å². The number of aromatic nitrogens is 1. The number of halogens is 1. The van der Waals surface area contributed by atoms with Crippen molar-refractivity contribution < 1.29 is 9.53 Å². The van der Waals surface area contributed by atoms with Gasteiger partial charge in [0, 0.05) is 15.5 Å². The molecule has 0 radical (unpaired) electrons. The fourth-order valence-electron chi connectivity index (χ4n) is 1.77. The average Bonchev–Trinajstić information content (AvgIpc) is 2.71. The molecule has 0 saturated carbocycles. The van der Waals surface area contributed by atoms with Crippen LogP contribution in [0, 0.1) is 13.8 Å². The number of rotatable bonds is 3. The molecule has 5 heteroatoms. The summed E-state index contributed by atoms with van der Waals surface area (Å²) >= 11 is 7.43. The van der Waals surface area contributed by atoms with E-state index in [1.807, 2.05) is 32.0 Å². The first kappa shape index (κ1) is 14.0. The highest BCUT2D eigenvalue weighted by Crippen LogP contribution is 2.31. The Labute approximate surface area is 121 Å². The van der Waals surface area contributed by atoms with Gasteiger partial charge in [-0.2, -0.15) is 0 Å². The normalized spacial score (nSPS) is 10.5. The van der Waals surface area contributed by atoms with Gasteiger partial charge >= 0.3 is 5.97 Å². The highest BCUT2D eigenvalue weighted by atomic mass is 35.5. The van der Waals surface area contributed by atoms with Gasteiger partial charge in [0.1, 0.15) is 5.01 Å². The van der Waals surface area contributed by atoms with Crippen molar-refractivity contribution in [1.82, 2.24) is 4.98 Å². The molecule has 19 heavy (non-hydrogen) atoms. The van der Waals surface area contributed by atoms with Crippen molar-refractivity contribution in [3.05, 3.63) is 39.4 Å². The Kier molecular flexibility index (Phi) is 4.22. The first-order chi connectivity index (χ1) is 9.02. The number of benzene rings is 1. The molecule has 100 valence electrons. The van der Waals surface area contributed by atoms with E-state index in [-0.39, 0.29) is 5.97 Å². The van der Waals surface area contributed by atoms with E-state index in [9.17, 15) is 4.79 Å². The van der Waals surface area contributed by atoms with E-state index in [4.69, 9.17) is 16.3 Å². The average molecular weight is 296 g/mol. The minimum Gasteiger partial charge on any atom is -0.461 e. The van der Waals surface area contributed by atoms with Gasteiger partial charge in [0.05, 0.1) is 6.61 Å². The van der Waals surface area contributed by atoms with E-state index in [2.05, 4.69) is 4.98 Å². The second kappa shape index (κ2) is 5.72. The number of esters is 1. The molecule has 1 aromatic heterocycles. The maximum Gasteiger partial charge on any atom is 0.358 e. The molecule has 1 heterocycles. The van der Waals surface area contributed by atoms with Crippen LogP contribution in [0.1, 0.15) is 27.9 Å². The summed E-state index contributed by atoms with van der Waals surface area (Å²) in [6.07, 6.45) is 0. The van der Waals surface area contributed by atoms with Crippen LogP contribution in [0.15, 0.2) is 18.2 Å². The molecule has 0 spiro atoms. The minimum absolute atomic E-state index is 0.352. The van der Waals surface area contributed by atoms with Gasteiger partial charge in [-0.25, -0.2) is 9.78 Å². The summed E-state index contributed by atoms with van der Waals surface area (Å²) < 4.78 is 4.99.